The van der Waals surface area contributed by atoms with Crippen molar-refractivity contribution in [1.29, 1.82) is 0 Å². The van der Waals surface area contributed by atoms with E-state index in [1.54, 1.807) is 18.2 Å². The van der Waals surface area contributed by atoms with Crippen molar-refractivity contribution in [2.75, 3.05) is 39.6 Å². The van der Waals surface area contributed by atoms with Crippen LogP contribution >= 0.6 is 0 Å². The van der Waals surface area contributed by atoms with Crippen molar-refractivity contribution in [2.45, 2.75) is 31.8 Å². The highest BCUT2D eigenvalue weighted by Gasteiger charge is 2.45. The molecule has 2 unspecified atom stereocenters. The molecule has 2 saturated heterocycles. The van der Waals surface area contributed by atoms with E-state index in [0.29, 0.717) is 36.4 Å². The number of hydrogen-bond acceptors (Lipinski definition) is 7. The Labute approximate surface area is 171 Å². The number of amides is 2. The van der Waals surface area contributed by atoms with Crippen LogP contribution in [0.1, 0.15) is 30.1 Å². The van der Waals surface area contributed by atoms with Gasteiger partial charge < -0.3 is 14.8 Å². The predicted molar refractivity (Wildman–Crippen MR) is 107 cm³/mol. The summed E-state index contributed by atoms with van der Waals surface area (Å²) in [4.78, 5) is 27.5. The number of ether oxygens (including phenoxy) is 2. The second-order valence-corrected chi connectivity index (χ2v) is 9.22. The minimum atomic E-state index is -3.59. The van der Waals surface area contributed by atoms with Gasteiger partial charge in [-0.3, -0.25) is 14.5 Å². The Kier molecular flexibility index (Phi) is 6.33. The summed E-state index contributed by atoms with van der Waals surface area (Å²) in [5.74, 6) is 0.171. The number of sulfonamides is 1. The molecular weight excluding hydrogens is 398 g/mol. The van der Waals surface area contributed by atoms with Gasteiger partial charge in [-0.15, -0.1) is 0 Å². The number of carbonyl (C=O) groups is 2. The van der Waals surface area contributed by atoms with Gasteiger partial charge in [-0.2, -0.15) is 0 Å². The Balaban J connectivity index is 1.73. The van der Waals surface area contributed by atoms with Gasteiger partial charge in [-0.05, 0) is 25.0 Å². The highest BCUT2D eigenvalue weighted by atomic mass is 32.2. The van der Waals surface area contributed by atoms with Gasteiger partial charge in [-0.1, -0.05) is 6.92 Å². The molecule has 2 atom stereocenters. The zero-order valence-corrected chi connectivity index (χ0v) is 17.7. The molecule has 10 heteroatoms. The SMILES string of the molecule is CCCN1C(=O)C2CC(NC(=O)c3ccc(OC)cc3OC)CN2CCS1(=O)=O. The first-order valence-corrected chi connectivity index (χ1v) is 11.2. The molecule has 2 fully saturated rings. The molecule has 0 aliphatic carbocycles. The van der Waals surface area contributed by atoms with E-state index in [0.717, 1.165) is 4.31 Å². The number of nitrogens with zero attached hydrogens (tertiary/aromatic N) is 2. The van der Waals surface area contributed by atoms with Gasteiger partial charge in [0.15, 0.2) is 0 Å². The Hall–Kier alpha value is -2.33. The van der Waals surface area contributed by atoms with E-state index in [4.69, 9.17) is 9.47 Å². The van der Waals surface area contributed by atoms with Gasteiger partial charge in [-0.25, -0.2) is 12.7 Å². The summed E-state index contributed by atoms with van der Waals surface area (Å²) in [6.07, 6.45) is 0.938. The van der Waals surface area contributed by atoms with Crippen molar-refractivity contribution >= 4 is 21.8 Å². The maximum Gasteiger partial charge on any atom is 0.255 e. The van der Waals surface area contributed by atoms with E-state index in [-0.39, 0.29) is 30.8 Å². The average molecular weight is 426 g/mol. The van der Waals surface area contributed by atoms with Crippen LogP contribution in [0, 0.1) is 0 Å². The molecule has 2 aliphatic heterocycles. The molecule has 1 N–H and O–H groups in total. The number of hydrogen-bond donors (Lipinski definition) is 1. The van der Waals surface area contributed by atoms with E-state index in [1.165, 1.54) is 14.2 Å². The fourth-order valence-electron chi connectivity index (χ4n) is 3.86. The maximum atomic E-state index is 12.9. The number of methoxy groups -OCH3 is 2. The smallest absolute Gasteiger partial charge is 0.255 e. The molecule has 160 valence electrons. The zero-order valence-electron chi connectivity index (χ0n) is 16.9. The Morgan fingerprint density at radius 3 is 2.69 bits per heavy atom. The Morgan fingerprint density at radius 1 is 1.28 bits per heavy atom. The lowest BCUT2D eigenvalue weighted by molar-refractivity contribution is -0.130. The first kappa shape index (κ1) is 21.4. The average Bonchev–Trinajstić information content (AvgIpc) is 3.08. The molecule has 2 aliphatic rings. The summed E-state index contributed by atoms with van der Waals surface area (Å²) < 4.78 is 36.2. The molecule has 0 spiro atoms. The lowest BCUT2D eigenvalue weighted by atomic mass is 10.1. The van der Waals surface area contributed by atoms with Crippen LogP contribution in [0.3, 0.4) is 0 Å². The van der Waals surface area contributed by atoms with Crippen LogP contribution in [0.15, 0.2) is 18.2 Å². The highest BCUT2D eigenvalue weighted by molar-refractivity contribution is 7.89. The Morgan fingerprint density at radius 2 is 2.03 bits per heavy atom. The van der Waals surface area contributed by atoms with E-state index in [1.807, 2.05) is 11.8 Å². The molecule has 1 aromatic carbocycles. The van der Waals surface area contributed by atoms with Crippen LogP contribution in [-0.2, 0) is 14.8 Å². The molecule has 2 amide bonds. The predicted octanol–water partition coefficient (Wildman–Crippen LogP) is 0.459. The summed E-state index contributed by atoms with van der Waals surface area (Å²) in [6, 6.07) is 4.14. The van der Waals surface area contributed by atoms with Gasteiger partial charge in [0.05, 0.1) is 31.6 Å². The topological polar surface area (TPSA) is 105 Å². The first-order valence-electron chi connectivity index (χ1n) is 9.62. The van der Waals surface area contributed by atoms with Crippen molar-refractivity contribution < 1.29 is 27.5 Å². The van der Waals surface area contributed by atoms with Crippen LogP contribution in [0.4, 0.5) is 0 Å². The standard InChI is InChI=1S/C19H27N3O6S/c1-4-7-22-19(24)16-10-13(12-21(16)8-9-29(22,25)26)20-18(23)15-6-5-14(27-2)11-17(15)28-3/h5-6,11,13,16H,4,7-10,12H2,1-3H3,(H,20,23). The van der Waals surface area contributed by atoms with Gasteiger partial charge in [0.25, 0.3) is 11.8 Å². The Bertz CT molecular complexity index is 888. The minimum absolute atomic E-state index is 0.0950. The summed E-state index contributed by atoms with van der Waals surface area (Å²) >= 11 is 0. The molecule has 0 saturated carbocycles. The molecule has 0 radical (unpaired) electrons. The van der Waals surface area contributed by atoms with Crippen molar-refractivity contribution in [1.82, 2.24) is 14.5 Å². The molecule has 29 heavy (non-hydrogen) atoms. The zero-order chi connectivity index (χ0) is 21.2. The molecular formula is C19H27N3O6S. The van der Waals surface area contributed by atoms with Gasteiger partial charge in [0.2, 0.25) is 10.0 Å². The van der Waals surface area contributed by atoms with E-state index in [2.05, 4.69) is 5.32 Å². The highest BCUT2D eigenvalue weighted by Crippen LogP contribution is 2.27. The third-order valence-electron chi connectivity index (χ3n) is 5.32. The quantitative estimate of drug-likeness (QED) is 0.706. The fraction of sp³-hybridized carbons (Fsp3) is 0.579. The van der Waals surface area contributed by atoms with Crippen LogP contribution in [0.5, 0.6) is 11.5 Å². The molecule has 0 bridgehead atoms. The van der Waals surface area contributed by atoms with Crippen LogP contribution < -0.4 is 14.8 Å². The molecule has 2 heterocycles. The normalized spacial score (nSPS) is 24.0. The second-order valence-electron chi connectivity index (χ2n) is 7.21. The maximum absolute atomic E-state index is 12.9. The second kappa shape index (κ2) is 8.58. The van der Waals surface area contributed by atoms with Crippen molar-refractivity contribution in [3.8, 4) is 11.5 Å². The van der Waals surface area contributed by atoms with Crippen molar-refractivity contribution in [3.05, 3.63) is 23.8 Å². The fourth-order valence-corrected chi connectivity index (χ4v) is 5.40. The van der Waals surface area contributed by atoms with E-state index < -0.39 is 22.0 Å². The number of rotatable bonds is 6. The third-order valence-corrected chi connectivity index (χ3v) is 7.05. The van der Waals surface area contributed by atoms with Gasteiger partial charge in [0.1, 0.15) is 11.5 Å². The van der Waals surface area contributed by atoms with Crippen LogP contribution in [0.2, 0.25) is 0 Å². The summed E-state index contributed by atoms with van der Waals surface area (Å²) in [7, 11) is -0.575. The van der Waals surface area contributed by atoms with Gasteiger partial charge >= 0.3 is 0 Å². The van der Waals surface area contributed by atoms with E-state index in [9.17, 15) is 18.0 Å². The molecule has 0 aromatic heterocycles. The molecule has 9 nitrogen and oxygen atoms in total. The first-order chi connectivity index (χ1) is 13.8. The van der Waals surface area contributed by atoms with Crippen LogP contribution in [-0.4, -0.2) is 81.1 Å². The lowest BCUT2D eigenvalue weighted by Gasteiger charge is -2.23. The summed E-state index contributed by atoms with van der Waals surface area (Å²) in [6.45, 7) is 2.73. The van der Waals surface area contributed by atoms with Crippen molar-refractivity contribution in [3.63, 3.8) is 0 Å². The third kappa shape index (κ3) is 4.32. The number of benzene rings is 1. The molecule has 1 aromatic rings. The lowest BCUT2D eigenvalue weighted by Crippen LogP contribution is -2.44. The largest absolute Gasteiger partial charge is 0.497 e. The molecule has 3 rings (SSSR count). The summed E-state index contributed by atoms with van der Waals surface area (Å²) in [5, 5.41) is 2.95. The van der Waals surface area contributed by atoms with Crippen molar-refractivity contribution in [2.24, 2.45) is 0 Å². The summed E-state index contributed by atoms with van der Waals surface area (Å²) in [5.41, 5.74) is 0.372. The van der Waals surface area contributed by atoms with E-state index >= 15 is 0 Å². The number of nitrogens with one attached hydrogen (secondary N) is 1. The monoisotopic (exact) mass is 425 g/mol. The van der Waals surface area contributed by atoms with Crippen LogP contribution in [0.25, 0.3) is 0 Å². The number of carbonyl (C=O) groups excluding carboxylic acids is 2. The number of fused-ring (bicyclic) bond motifs is 1. The minimum Gasteiger partial charge on any atom is -0.497 e. The van der Waals surface area contributed by atoms with Gasteiger partial charge in [0, 0.05) is 31.7 Å².